The second-order valence-electron chi connectivity index (χ2n) is 4.40. The van der Waals surface area contributed by atoms with Gasteiger partial charge in [0, 0.05) is 5.92 Å². The highest BCUT2D eigenvalue weighted by Gasteiger charge is 2.30. The van der Waals surface area contributed by atoms with Crippen molar-refractivity contribution in [3.63, 3.8) is 0 Å². The fourth-order valence-electron chi connectivity index (χ4n) is 1.71. The van der Waals surface area contributed by atoms with Crippen LogP contribution in [-0.4, -0.2) is 13.0 Å². The number of ether oxygens (including phenoxy) is 1. The van der Waals surface area contributed by atoms with E-state index in [-0.39, 0.29) is 23.6 Å². The maximum atomic E-state index is 13.5. The molecule has 92 valence electrons. The zero-order valence-corrected chi connectivity index (χ0v) is 10.00. The summed E-state index contributed by atoms with van der Waals surface area (Å²) in [6, 6.07) is 4.56. The summed E-state index contributed by atoms with van der Waals surface area (Å²) < 4.78 is 18.3. The van der Waals surface area contributed by atoms with Crippen LogP contribution in [0.4, 0.5) is 4.39 Å². The first-order valence-corrected chi connectivity index (χ1v) is 5.75. The molecule has 0 aliphatic heterocycles. The standard InChI is InChI=1S/C13H16FNO2/c1-8(15-13(16)9-3-4-9)10-5-6-12(17-2)11(14)7-10/h5-9H,3-4H2,1-2H3,(H,15,16)/t8-/m0/s1. The van der Waals surface area contributed by atoms with E-state index < -0.39 is 5.82 Å². The lowest BCUT2D eigenvalue weighted by Crippen LogP contribution is -2.27. The van der Waals surface area contributed by atoms with Crippen molar-refractivity contribution >= 4 is 5.91 Å². The molecule has 17 heavy (non-hydrogen) atoms. The zero-order chi connectivity index (χ0) is 12.4. The number of benzene rings is 1. The second kappa shape index (κ2) is 4.73. The van der Waals surface area contributed by atoms with Crippen LogP contribution in [0.1, 0.15) is 31.4 Å². The SMILES string of the molecule is COc1ccc([C@H](C)NC(=O)C2CC2)cc1F. The molecule has 0 heterocycles. The molecule has 0 bridgehead atoms. The van der Waals surface area contributed by atoms with Crippen molar-refractivity contribution in [2.75, 3.05) is 7.11 Å². The van der Waals surface area contributed by atoms with Crippen LogP contribution < -0.4 is 10.1 Å². The summed E-state index contributed by atoms with van der Waals surface area (Å²) in [6.45, 7) is 1.85. The molecule has 1 aromatic rings. The Bertz CT molecular complexity index is 429. The summed E-state index contributed by atoms with van der Waals surface area (Å²) in [6.07, 6.45) is 1.94. The molecular weight excluding hydrogens is 221 g/mol. The van der Waals surface area contributed by atoms with Gasteiger partial charge in [-0.15, -0.1) is 0 Å². The third-order valence-corrected chi connectivity index (χ3v) is 2.98. The molecule has 1 saturated carbocycles. The first-order chi connectivity index (χ1) is 8.11. The van der Waals surface area contributed by atoms with Gasteiger partial charge in [-0.2, -0.15) is 0 Å². The summed E-state index contributed by atoms with van der Waals surface area (Å²) in [5, 5.41) is 2.88. The van der Waals surface area contributed by atoms with Crippen molar-refractivity contribution in [2.24, 2.45) is 5.92 Å². The van der Waals surface area contributed by atoms with Crippen molar-refractivity contribution in [1.29, 1.82) is 0 Å². The third kappa shape index (κ3) is 2.75. The highest BCUT2D eigenvalue weighted by molar-refractivity contribution is 5.81. The molecule has 1 fully saturated rings. The van der Waals surface area contributed by atoms with E-state index >= 15 is 0 Å². The van der Waals surface area contributed by atoms with Gasteiger partial charge in [-0.1, -0.05) is 6.07 Å². The third-order valence-electron chi connectivity index (χ3n) is 2.98. The highest BCUT2D eigenvalue weighted by atomic mass is 19.1. The van der Waals surface area contributed by atoms with Crippen LogP contribution in [0.25, 0.3) is 0 Å². The fraction of sp³-hybridized carbons (Fsp3) is 0.462. The summed E-state index contributed by atoms with van der Waals surface area (Å²) in [5.74, 6) is 0.0428. The monoisotopic (exact) mass is 237 g/mol. The van der Waals surface area contributed by atoms with Gasteiger partial charge in [0.15, 0.2) is 11.6 Å². The van der Waals surface area contributed by atoms with Gasteiger partial charge >= 0.3 is 0 Å². The molecule has 0 saturated heterocycles. The number of amides is 1. The normalized spacial score (nSPS) is 16.4. The van der Waals surface area contributed by atoms with Gasteiger partial charge in [-0.3, -0.25) is 4.79 Å². The van der Waals surface area contributed by atoms with Gasteiger partial charge < -0.3 is 10.1 Å². The minimum absolute atomic E-state index is 0.0636. The predicted octanol–water partition coefficient (Wildman–Crippen LogP) is 2.42. The molecule has 0 aromatic heterocycles. The number of nitrogens with one attached hydrogen (secondary N) is 1. The molecule has 4 heteroatoms. The van der Waals surface area contributed by atoms with Gasteiger partial charge in [0.05, 0.1) is 13.2 Å². The van der Waals surface area contributed by atoms with E-state index in [1.165, 1.54) is 13.2 Å². The van der Waals surface area contributed by atoms with Crippen molar-refractivity contribution in [2.45, 2.75) is 25.8 Å². The van der Waals surface area contributed by atoms with E-state index in [1.807, 2.05) is 6.92 Å². The smallest absolute Gasteiger partial charge is 0.223 e. The predicted molar refractivity (Wildman–Crippen MR) is 62.2 cm³/mol. The molecular formula is C13H16FNO2. The van der Waals surface area contributed by atoms with Crippen LogP contribution in [0.3, 0.4) is 0 Å². The van der Waals surface area contributed by atoms with Crippen molar-refractivity contribution < 1.29 is 13.9 Å². The van der Waals surface area contributed by atoms with E-state index in [2.05, 4.69) is 5.32 Å². The molecule has 0 unspecified atom stereocenters. The van der Waals surface area contributed by atoms with Gasteiger partial charge in [0.1, 0.15) is 0 Å². The Kier molecular flexibility index (Phi) is 3.31. The summed E-state index contributed by atoms with van der Waals surface area (Å²) in [4.78, 5) is 11.6. The maximum absolute atomic E-state index is 13.5. The summed E-state index contributed by atoms with van der Waals surface area (Å²) >= 11 is 0. The van der Waals surface area contributed by atoms with Crippen molar-refractivity contribution in [3.8, 4) is 5.75 Å². The largest absolute Gasteiger partial charge is 0.494 e. The lowest BCUT2D eigenvalue weighted by molar-refractivity contribution is -0.122. The molecule has 1 aliphatic carbocycles. The van der Waals surface area contributed by atoms with E-state index in [1.54, 1.807) is 12.1 Å². The minimum atomic E-state index is -0.405. The Morgan fingerprint density at radius 1 is 1.53 bits per heavy atom. The molecule has 1 atom stereocenters. The fourth-order valence-corrected chi connectivity index (χ4v) is 1.71. The lowest BCUT2D eigenvalue weighted by atomic mass is 10.1. The maximum Gasteiger partial charge on any atom is 0.223 e. The van der Waals surface area contributed by atoms with Crippen LogP contribution in [0.2, 0.25) is 0 Å². The first-order valence-electron chi connectivity index (χ1n) is 5.75. The molecule has 0 radical (unpaired) electrons. The van der Waals surface area contributed by atoms with E-state index in [0.29, 0.717) is 0 Å². The number of rotatable bonds is 4. The van der Waals surface area contributed by atoms with Crippen LogP contribution in [-0.2, 0) is 4.79 Å². The van der Waals surface area contributed by atoms with E-state index in [4.69, 9.17) is 4.74 Å². The Morgan fingerprint density at radius 3 is 2.76 bits per heavy atom. The van der Waals surface area contributed by atoms with Gasteiger partial charge in [-0.25, -0.2) is 4.39 Å². The van der Waals surface area contributed by atoms with Crippen LogP contribution in [0.5, 0.6) is 5.75 Å². The first kappa shape index (κ1) is 11.9. The number of carbonyl (C=O) groups is 1. The molecule has 0 spiro atoms. The Labute approximate surface area is 100.0 Å². The van der Waals surface area contributed by atoms with E-state index in [9.17, 15) is 9.18 Å². The van der Waals surface area contributed by atoms with Gasteiger partial charge in [0.25, 0.3) is 0 Å². The minimum Gasteiger partial charge on any atom is -0.494 e. The Hall–Kier alpha value is -1.58. The van der Waals surface area contributed by atoms with Gasteiger partial charge in [0.2, 0.25) is 5.91 Å². The highest BCUT2D eigenvalue weighted by Crippen LogP contribution is 2.30. The van der Waals surface area contributed by atoms with Crippen LogP contribution in [0, 0.1) is 11.7 Å². The van der Waals surface area contributed by atoms with Crippen molar-refractivity contribution in [3.05, 3.63) is 29.6 Å². The van der Waals surface area contributed by atoms with Crippen LogP contribution in [0.15, 0.2) is 18.2 Å². The number of hydrogen-bond acceptors (Lipinski definition) is 2. The Balaban J connectivity index is 2.05. The molecule has 2 rings (SSSR count). The molecule has 1 amide bonds. The number of methoxy groups -OCH3 is 1. The number of hydrogen-bond donors (Lipinski definition) is 1. The topological polar surface area (TPSA) is 38.3 Å². The number of halogens is 1. The zero-order valence-electron chi connectivity index (χ0n) is 10.00. The average Bonchev–Trinajstić information content (AvgIpc) is 3.12. The number of carbonyl (C=O) groups excluding carboxylic acids is 1. The second-order valence-corrected chi connectivity index (χ2v) is 4.40. The molecule has 1 aliphatic rings. The average molecular weight is 237 g/mol. The quantitative estimate of drug-likeness (QED) is 0.873. The van der Waals surface area contributed by atoms with Crippen LogP contribution >= 0.6 is 0 Å². The van der Waals surface area contributed by atoms with Gasteiger partial charge in [-0.05, 0) is 37.5 Å². The molecule has 3 nitrogen and oxygen atoms in total. The van der Waals surface area contributed by atoms with Crippen molar-refractivity contribution in [1.82, 2.24) is 5.32 Å². The summed E-state index contributed by atoms with van der Waals surface area (Å²) in [5.41, 5.74) is 0.748. The Morgan fingerprint density at radius 2 is 2.24 bits per heavy atom. The van der Waals surface area contributed by atoms with E-state index in [0.717, 1.165) is 18.4 Å². The lowest BCUT2D eigenvalue weighted by Gasteiger charge is -2.15. The molecule has 1 aromatic carbocycles. The molecule has 1 N–H and O–H groups in total. The summed E-state index contributed by atoms with van der Waals surface area (Å²) in [7, 11) is 1.43.